The van der Waals surface area contributed by atoms with Crippen molar-refractivity contribution in [3.05, 3.63) is 29.8 Å². The molecule has 1 unspecified atom stereocenters. The Bertz CT molecular complexity index is 781. The number of β-amino-alcohol motifs (C(OH)–C–C–N with tert-alkyl or cyclic N) is 1. The van der Waals surface area contributed by atoms with Crippen LogP contribution in [-0.4, -0.2) is 89.0 Å². The molecule has 0 spiro atoms. The van der Waals surface area contributed by atoms with Crippen LogP contribution in [0.1, 0.15) is 19.4 Å². The van der Waals surface area contributed by atoms with Gasteiger partial charge < -0.3 is 20.5 Å². The fourth-order valence-corrected chi connectivity index (χ4v) is 4.08. The van der Waals surface area contributed by atoms with Crippen molar-refractivity contribution in [3.63, 3.8) is 0 Å². The Morgan fingerprint density at radius 2 is 1.84 bits per heavy atom. The molecule has 1 aliphatic heterocycles. The Kier molecular flexibility index (Phi) is 12.2. The molecule has 0 saturated carbocycles. The summed E-state index contributed by atoms with van der Waals surface area (Å²) in [5.41, 5.74) is 0.0406. The van der Waals surface area contributed by atoms with Crippen LogP contribution < -0.4 is 15.4 Å². The van der Waals surface area contributed by atoms with Crippen molar-refractivity contribution in [2.75, 3.05) is 59.0 Å². The average molecular weight is 570 g/mol. The maximum atomic E-state index is 12.3. The van der Waals surface area contributed by atoms with Gasteiger partial charge in [0, 0.05) is 39.3 Å². The van der Waals surface area contributed by atoms with Crippen LogP contribution >= 0.6 is 24.0 Å². The van der Waals surface area contributed by atoms with Gasteiger partial charge in [-0.1, -0.05) is 17.7 Å². The van der Waals surface area contributed by atoms with Gasteiger partial charge in [0.15, 0.2) is 5.96 Å². The first kappa shape index (κ1) is 28.0. The summed E-state index contributed by atoms with van der Waals surface area (Å²) in [6, 6.07) is 6.72. The first-order valence-corrected chi connectivity index (χ1v) is 11.8. The number of hydrogen-bond donors (Lipinski definition) is 4. The minimum Gasteiger partial charge on any atom is -0.387 e. The number of halogens is 1. The number of ether oxygens (including phenoxy) is 1. The second-order valence-electron chi connectivity index (χ2n) is 7.72. The van der Waals surface area contributed by atoms with E-state index in [1.807, 2.05) is 13.8 Å². The van der Waals surface area contributed by atoms with E-state index in [1.54, 1.807) is 31.2 Å². The molecule has 178 valence electrons. The summed E-state index contributed by atoms with van der Waals surface area (Å²) in [5, 5.41) is 16.9. The smallest absolute Gasteiger partial charge is 0.240 e. The summed E-state index contributed by atoms with van der Waals surface area (Å²) in [6.45, 7) is 10.6. The van der Waals surface area contributed by atoms with Crippen molar-refractivity contribution >= 4 is 40.0 Å². The third-order valence-electron chi connectivity index (χ3n) is 4.63. The Hall–Kier alpha value is -0.990. The predicted molar refractivity (Wildman–Crippen MR) is 134 cm³/mol. The molecule has 4 N–H and O–H groups in total. The van der Waals surface area contributed by atoms with E-state index in [9.17, 15) is 13.5 Å². The van der Waals surface area contributed by atoms with Crippen LogP contribution in [0.4, 0.5) is 0 Å². The molecule has 31 heavy (non-hydrogen) atoms. The van der Waals surface area contributed by atoms with Gasteiger partial charge >= 0.3 is 0 Å². The highest BCUT2D eigenvalue weighted by Gasteiger charge is 2.25. The molecule has 0 aromatic heterocycles. The quantitative estimate of drug-likeness (QED) is 0.141. The van der Waals surface area contributed by atoms with Crippen molar-refractivity contribution in [3.8, 4) is 0 Å². The fourth-order valence-electron chi connectivity index (χ4n) is 3.05. The van der Waals surface area contributed by atoms with Crippen LogP contribution in [0, 0.1) is 6.92 Å². The van der Waals surface area contributed by atoms with Crippen LogP contribution in [0.2, 0.25) is 0 Å². The van der Waals surface area contributed by atoms with Gasteiger partial charge in [0.1, 0.15) is 0 Å². The number of morpholine rings is 1. The van der Waals surface area contributed by atoms with Crippen molar-refractivity contribution in [2.24, 2.45) is 4.99 Å². The van der Waals surface area contributed by atoms with Crippen molar-refractivity contribution in [1.82, 2.24) is 20.3 Å². The SMILES string of the molecule is CCNC(=NCC(C)(O)CN1CCOCC1)NCCNS(=O)(=O)c1ccc(C)cc1.I. The molecule has 9 nitrogen and oxygen atoms in total. The lowest BCUT2D eigenvalue weighted by atomic mass is 10.1. The average Bonchev–Trinajstić information content (AvgIpc) is 2.70. The molecule has 1 aromatic carbocycles. The summed E-state index contributed by atoms with van der Waals surface area (Å²) in [6.07, 6.45) is 0. The first-order chi connectivity index (χ1) is 14.2. The van der Waals surface area contributed by atoms with Gasteiger partial charge in [-0.2, -0.15) is 0 Å². The zero-order chi connectivity index (χ0) is 22.0. The lowest BCUT2D eigenvalue weighted by Gasteiger charge is -2.33. The lowest BCUT2D eigenvalue weighted by Crippen LogP contribution is -2.48. The summed E-state index contributed by atoms with van der Waals surface area (Å²) in [7, 11) is -3.55. The molecule has 1 atom stereocenters. The van der Waals surface area contributed by atoms with Gasteiger partial charge in [-0.3, -0.25) is 9.89 Å². The third kappa shape index (κ3) is 10.4. The Morgan fingerprint density at radius 1 is 1.19 bits per heavy atom. The minimum absolute atomic E-state index is 0. The van der Waals surface area contributed by atoms with Crippen LogP contribution in [0.3, 0.4) is 0 Å². The van der Waals surface area contributed by atoms with E-state index in [4.69, 9.17) is 4.74 Å². The molecule has 1 fully saturated rings. The number of hydrogen-bond acceptors (Lipinski definition) is 6. The molecular formula is C20H36IN5O4S. The highest BCUT2D eigenvalue weighted by atomic mass is 127. The van der Waals surface area contributed by atoms with Crippen molar-refractivity contribution in [1.29, 1.82) is 0 Å². The minimum atomic E-state index is -3.55. The van der Waals surface area contributed by atoms with Gasteiger partial charge in [0.05, 0.1) is 30.3 Å². The second-order valence-corrected chi connectivity index (χ2v) is 9.49. The number of aliphatic imine (C=N–C) groups is 1. The van der Waals surface area contributed by atoms with Crippen molar-refractivity contribution in [2.45, 2.75) is 31.3 Å². The molecular weight excluding hydrogens is 533 g/mol. The van der Waals surface area contributed by atoms with E-state index in [0.29, 0.717) is 38.8 Å². The van der Waals surface area contributed by atoms with Crippen LogP contribution in [0.15, 0.2) is 34.2 Å². The van der Waals surface area contributed by atoms with E-state index >= 15 is 0 Å². The van der Waals surface area contributed by atoms with Gasteiger partial charge in [0.2, 0.25) is 10.0 Å². The number of nitrogens with zero attached hydrogens (tertiary/aromatic N) is 2. The summed E-state index contributed by atoms with van der Waals surface area (Å²) >= 11 is 0. The van der Waals surface area contributed by atoms with E-state index < -0.39 is 15.6 Å². The number of aryl methyl sites for hydroxylation is 1. The van der Waals surface area contributed by atoms with Crippen LogP contribution in [0.25, 0.3) is 0 Å². The summed E-state index contributed by atoms with van der Waals surface area (Å²) < 4.78 is 32.6. The molecule has 1 saturated heterocycles. The van der Waals surface area contributed by atoms with E-state index in [0.717, 1.165) is 18.7 Å². The molecule has 0 aliphatic carbocycles. The second kappa shape index (κ2) is 13.5. The zero-order valence-corrected chi connectivity index (χ0v) is 21.7. The number of nitrogens with one attached hydrogen (secondary N) is 3. The Morgan fingerprint density at radius 3 is 2.45 bits per heavy atom. The monoisotopic (exact) mass is 569 g/mol. The molecule has 11 heteroatoms. The zero-order valence-electron chi connectivity index (χ0n) is 18.6. The van der Waals surface area contributed by atoms with Gasteiger partial charge in [-0.25, -0.2) is 13.1 Å². The van der Waals surface area contributed by atoms with E-state index in [-0.39, 0.29) is 42.0 Å². The number of sulfonamides is 1. The van der Waals surface area contributed by atoms with E-state index in [1.165, 1.54) is 0 Å². The molecule has 0 amide bonds. The van der Waals surface area contributed by atoms with Crippen LogP contribution in [0.5, 0.6) is 0 Å². The van der Waals surface area contributed by atoms with Crippen molar-refractivity contribution < 1.29 is 18.3 Å². The Balaban J connectivity index is 0.00000480. The fraction of sp³-hybridized carbons (Fsp3) is 0.650. The lowest BCUT2D eigenvalue weighted by molar-refractivity contribution is -0.0179. The Labute approximate surface area is 203 Å². The maximum Gasteiger partial charge on any atom is 0.240 e. The predicted octanol–water partition coefficient (Wildman–Crippen LogP) is 0.530. The topological polar surface area (TPSA) is 115 Å². The third-order valence-corrected chi connectivity index (χ3v) is 6.11. The molecule has 1 aliphatic rings. The summed E-state index contributed by atoms with van der Waals surface area (Å²) in [4.78, 5) is 6.87. The highest BCUT2D eigenvalue weighted by molar-refractivity contribution is 14.0. The molecule has 0 bridgehead atoms. The normalized spacial score (nSPS) is 17.5. The molecule has 0 radical (unpaired) electrons. The largest absolute Gasteiger partial charge is 0.387 e. The standard InChI is InChI=1S/C20H35N5O4S.HI/c1-4-21-19(23-15-20(3,26)16-25-11-13-29-14-12-25)22-9-10-24-30(27,28)18-7-5-17(2)6-8-18;/h5-8,24,26H,4,9-16H2,1-3H3,(H2,21,22,23);1H. The summed E-state index contributed by atoms with van der Waals surface area (Å²) in [5.74, 6) is 0.536. The molecule has 1 aromatic rings. The maximum absolute atomic E-state index is 12.3. The number of rotatable bonds is 10. The van der Waals surface area contributed by atoms with Gasteiger partial charge in [0.25, 0.3) is 0 Å². The molecule has 2 rings (SSSR count). The highest BCUT2D eigenvalue weighted by Crippen LogP contribution is 2.10. The van der Waals surface area contributed by atoms with Crippen LogP contribution in [-0.2, 0) is 14.8 Å². The number of guanidine groups is 1. The number of benzene rings is 1. The van der Waals surface area contributed by atoms with Gasteiger partial charge in [-0.05, 0) is 32.9 Å². The molecule has 1 heterocycles. The number of aliphatic hydroxyl groups is 1. The first-order valence-electron chi connectivity index (χ1n) is 10.3. The van der Waals surface area contributed by atoms with Gasteiger partial charge in [-0.15, -0.1) is 24.0 Å². The van der Waals surface area contributed by atoms with E-state index in [2.05, 4.69) is 25.2 Å².